The van der Waals surface area contributed by atoms with E-state index in [4.69, 9.17) is 0 Å². The SMILES string of the molecule is Cc1ccc(CNCC(C)(C)NS(C)(=O)=O)c(C)c1. The molecule has 1 rings (SSSR count). The minimum atomic E-state index is -3.18. The van der Waals surface area contributed by atoms with Gasteiger partial charge in [-0.15, -0.1) is 0 Å². The fourth-order valence-electron chi connectivity index (χ4n) is 2.09. The maximum Gasteiger partial charge on any atom is 0.209 e. The fraction of sp³-hybridized carbons (Fsp3) is 0.571. The lowest BCUT2D eigenvalue weighted by molar-refractivity contribution is 0.421. The van der Waals surface area contributed by atoms with Gasteiger partial charge in [0.15, 0.2) is 0 Å². The molecule has 108 valence electrons. The summed E-state index contributed by atoms with van der Waals surface area (Å²) in [5.74, 6) is 0. The van der Waals surface area contributed by atoms with Gasteiger partial charge in [-0.25, -0.2) is 13.1 Å². The van der Waals surface area contributed by atoms with Gasteiger partial charge in [0.05, 0.1) is 6.26 Å². The third-order valence-electron chi connectivity index (χ3n) is 2.84. The smallest absolute Gasteiger partial charge is 0.209 e. The van der Waals surface area contributed by atoms with E-state index in [1.54, 1.807) is 0 Å². The molecule has 0 spiro atoms. The lowest BCUT2D eigenvalue weighted by atomic mass is 10.0. The first kappa shape index (κ1) is 16.1. The number of hydrogen-bond acceptors (Lipinski definition) is 3. The number of nitrogens with one attached hydrogen (secondary N) is 2. The highest BCUT2D eigenvalue weighted by atomic mass is 32.2. The zero-order valence-corrected chi connectivity index (χ0v) is 13.2. The van der Waals surface area contributed by atoms with Gasteiger partial charge in [0, 0.05) is 18.6 Å². The Bertz CT molecular complexity index is 536. The van der Waals surface area contributed by atoms with Gasteiger partial charge in [-0.1, -0.05) is 23.8 Å². The van der Waals surface area contributed by atoms with E-state index in [9.17, 15) is 8.42 Å². The summed E-state index contributed by atoms with van der Waals surface area (Å²) in [5, 5.41) is 3.30. The first-order valence-electron chi connectivity index (χ1n) is 6.35. The maximum absolute atomic E-state index is 11.2. The van der Waals surface area contributed by atoms with Crippen LogP contribution in [-0.4, -0.2) is 26.8 Å². The van der Waals surface area contributed by atoms with E-state index in [1.807, 2.05) is 13.8 Å². The third kappa shape index (κ3) is 6.18. The zero-order chi connectivity index (χ0) is 14.7. The van der Waals surface area contributed by atoms with Crippen LogP contribution in [0, 0.1) is 13.8 Å². The predicted octanol–water partition coefficient (Wildman–Crippen LogP) is 1.72. The minimum absolute atomic E-state index is 0.494. The van der Waals surface area contributed by atoms with Crippen molar-refractivity contribution in [1.29, 1.82) is 0 Å². The van der Waals surface area contributed by atoms with Crippen LogP contribution in [0.3, 0.4) is 0 Å². The van der Waals surface area contributed by atoms with E-state index in [2.05, 4.69) is 42.1 Å². The molecule has 0 unspecified atom stereocenters. The van der Waals surface area contributed by atoms with Gasteiger partial charge in [0.2, 0.25) is 10.0 Å². The highest BCUT2D eigenvalue weighted by Gasteiger charge is 2.21. The quantitative estimate of drug-likeness (QED) is 0.836. The van der Waals surface area contributed by atoms with Gasteiger partial charge < -0.3 is 5.32 Å². The van der Waals surface area contributed by atoms with Gasteiger partial charge in [0.25, 0.3) is 0 Å². The number of benzene rings is 1. The molecule has 2 N–H and O–H groups in total. The van der Waals surface area contributed by atoms with Crippen molar-refractivity contribution in [2.45, 2.75) is 39.8 Å². The summed E-state index contributed by atoms with van der Waals surface area (Å²) in [4.78, 5) is 0. The fourth-order valence-corrected chi connectivity index (χ4v) is 3.17. The molecule has 0 fully saturated rings. The summed E-state index contributed by atoms with van der Waals surface area (Å²) in [7, 11) is -3.18. The van der Waals surface area contributed by atoms with Crippen LogP contribution in [0.25, 0.3) is 0 Å². The number of aryl methyl sites for hydroxylation is 2. The Morgan fingerprint density at radius 3 is 2.37 bits per heavy atom. The summed E-state index contributed by atoms with van der Waals surface area (Å²) >= 11 is 0. The predicted molar refractivity (Wildman–Crippen MR) is 79.7 cm³/mol. The van der Waals surface area contributed by atoms with Crippen molar-refractivity contribution in [2.75, 3.05) is 12.8 Å². The van der Waals surface area contributed by atoms with Crippen molar-refractivity contribution in [1.82, 2.24) is 10.0 Å². The molecule has 5 heteroatoms. The summed E-state index contributed by atoms with van der Waals surface area (Å²) in [5.41, 5.74) is 3.24. The van der Waals surface area contributed by atoms with Gasteiger partial charge >= 0.3 is 0 Å². The van der Waals surface area contributed by atoms with E-state index in [1.165, 1.54) is 22.9 Å². The van der Waals surface area contributed by atoms with E-state index in [0.29, 0.717) is 6.54 Å². The van der Waals surface area contributed by atoms with E-state index < -0.39 is 15.6 Å². The molecular weight excluding hydrogens is 260 g/mol. The topological polar surface area (TPSA) is 58.2 Å². The molecule has 0 aliphatic heterocycles. The van der Waals surface area contributed by atoms with Gasteiger partial charge in [-0.05, 0) is 38.8 Å². The van der Waals surface area contributed by atoms with E-state index in [0.717, 1.165) is 6.54 Å². The second kappa shape index (κ2) is 6.03. The minimum Gasteiger partial charge on any atom is -0.311 e. The highest BCUT2D eigenvalue weighted by molar-refractivity contribution is 7.88. The molecule has 0 aliphatic rings. The molecule has 0 aliphatic carbocycles. The highest BCUT2D eigenvalue weighted by Crippen LogP contribution is 2.10. The van der Waals surface area contributed by atoms with Crippen LogP contribution in [0.1, 0.15) is 30.5 Å². The van der Waals surface area contributed by atoms with Crippen molar-refractivity contribution < 1.29 is 8.42 Å². The maximum atomic E-state index is 11.2. The number of sulfonamides is 1. The van der Waals surface area contributed by atoms with Gasteiger partial charge in [-0.2, -0.15) is 0 Å². The first-order valence-corrected chi connectivity index (χ1v) is 8.24. The lowest BCUT2D eigenvalue weighted by Gasteiger charge is -2.25. The van der Waals surface area contributed by atoms with Crippen LogP contribution in [-0.2, 0) is 16.6 Å². The van der Waals surface area contributed by atoms with Crippen LogP contribution >= 0.6 is 0 Å². The van der Waals surface area contributed by atoms with Crippen LogP contribution in [0.5, 0.6) is 0 Å². The zero-order valence-electron chi connectivity index (χ0n) is 12.4. The van der Waals surface area contributed by atoms with Crippen molar-refractivity contribution >= 4 is 10.0 Å². The lowest BCUT2D eigenvalue weighted by Crippen LogP contribution is -2.49. The molecule has 19 heavy (non-hydrogen) atoms. The molecule has 0 heterocycles. The molecule has 1 aromatic carbocycles. The Kier molecular flexibility index (Phi) is 5.12. The number of hydrogen-bond donors (Lipinski definition) is 2. The average molecular weight is 284 g/mol. The first-order chi connectivity index (χ1) is 8.59. The largest absolute Gasteiger partial charge is 0.311 e. The standard InChI is InChI=1S/C14H24N2O2S/c1-11-6-7-13(12(2)8-11)9-15-10-14(3,4)16-19(5,17)18/h6-8,15-16H,9-10H2,1-5H3. The van der Waals surface area contributed by atoms with Crippen LogP contribution in [0.15, 0.2) is 18.2 Å². The second-order valence-corrected chi connectivity index (χ2v) is 7.54. The molecule has 0 bridgehead atoms. The molecule has 0 saturated heterocycles. The summed E-state index contributed by atoms with van der Waals surface area (Å²) in [6.07, 6.45) is 1.18. The van der Waals surface area contributed by atoms with Crippen molar-refractivity contribution in [3.8, 4) is 0 Å². The number of rotatable bonds is 6. The Morgan fingerprint density at radius 1 is 1.21 bits per heavy atom. The van der Waals surface area contributed by atoms with Crippen LogP contribution in [0.2, 0.25) is 0 Å². The normalized spacial score (nSPS) is 12.7. The van der Waals surface area contributed by atoms with E-state index in [-0.39, 0.29) is 0 Å². The van der Waals surface area contributed by atoms with E-state index >= 15 is 0 Å². The van der Waals surface area contributed by atoms with Crippen LogP contribution in [0.4, 0.5) is 0 Å². The molecule has 0 radical (unpaired) electrons. The van der Waals surface area contributed by atoms with Crippen LogP contribution < -0.4 is 10.0 Å². The van der Waals surface area contributed by atoms with Crippen molar-refractivity contribution in [3.63, 3.8) is 0 Å². The Labute approximate surface area is 116 Å². The monoisotopic (exact) mass is 284 g/mol. The molecule has 0 saturated carbocycles. The molecule has 1 aromatic rings. The Hall–Kier alpha value is -0.910. The molecular formula is C14H24N2O2S. The average Bonchev–Trinajstić information content (AvgIpc) is 2.17. The summed E-state index contributed by atoms with van der Waals surface area (Å²) < 4.78 is 25.1. The van der Waals surface area contributed by atoms with Gasteiger partial charge in [0.1, 0.15) is 0 Å². The Balaban J connectivity index is 2.54. The Morgan fingerprint density at radius 2 is 1.84 bits per heavy atom. The summed E-state index contributed by atoms with van der Waals surface area (Å²) in [6, 6.07) is 6.34. The second-order valence-electron chi connectivity index (χ2n) is 5.79. The van der Waals surface area contributed by atoms with Crippen molar-refractivity contribution in [3.05, 3.63) is 34.9 Å². The molecule has 0 atom stereocenters. The third-order valence-corrected chi connectivity index (χ3v) is 3.77. The van der Waals surface area contributed by atoms with Gasteiger partial charge in [-0.3, -0.25) is 0 Å². The molecule has 4 nitrogen and oxygen atoms in total. The molecule has 0 amide bonds. The van der Waals surface area contributed by atoms with Crippen molar-refractivity contribution in [2.24, 2.45) is 0 Å². The summed E-state index contributed by atoms with van der Waals surface area (Å²) in [6.45, 7) is 9.20. The molecule has 0 aromatic heterocycles.